The highest BCUT2D eigenvalue weighted by atomic mass is 35.5. The van der Waals surface area contributed by atoms with Crippen molar-refractivity contribution in [2.75, 3.05) is 18.0 Å². The molecule has 0 aromatic heterocycles. The molecule has 0 bridgehead atoms. The second kappa shape index (κ2) is 5.38. The van der Waals surface area contributed by atoms with Crippen molar-refractivity contribution in [3.05, 3.63) is 34.0 Å². The van der Waals surface area contributed by atoms with Gasteiger partial charge in [0, 0.05) is 23.8 Å². The molecule has 1 aliphatic rings. The highest BCUT2D eigenvalue weighted by Crippen LogP contribution is 2.26. The van der Waals surface area contributed by atoms with E-state index in [4.69, 9.17) is 11.6 Å². The van der Waals surface area contributed by atoms with Crippen LogP contribution in [0.5, 0.6) is 0 Å². The Morgan fingerprint density at radius 2 is 2.00 bits per heavy atom. The van der Waals surface area contributed by atoms with Gasteiger partial charge < -0.3 is 15.6 Å². The summed E-state index contributed by atoms with van der Waals surface area (Å²) in [4.78, 5) is 13.6. The Balaban J connectivity index is 2.34. The minimum absolute atomic E-state index is 0.356. The zero-order chi connectivity index (χ0) is 12.3. The highest BCUT2D eigenvalue weighted by Gasteiger charge is 2.17. The third-order valence-corrected chi connectivity index (χ3v) is 3.23. The Morgan fingerprint density at radius 3 is 2.65 bits per heavy atom. The minimum Gasteiger partial charge on any atom is -0.759 e. The van der Waals surface area contributed by atoms with Crippen LogP contribution in [0.4, 0.5) is 5.69 Å². The molecule has 0 radical (unpaired) electrons. The van der Waals surface area contributed by atoms with Crippen LogP contribution in [0.25, 0.3) is 0 Å². The fourth-order valence-electron chi connectivity index (χ4n) is 2.16. The van der Waals surface area contributed by atoms with E-state index in [1.54, 1.807) is 18.2 Å². The van der Waals surface area contributed by atoms with Crippen LogP contribution in [0.2, 0.25) is 5.02 Å². The van der Waals surface area contributed by atoms with Crippen molar-refractivity contribution < 1.29 is 4.79 Å². The lowest BCUT2D eigenvalue weighted by molar-refractivity contribution is 0.0970. The molecule has 1 saturated heterocycles. The number of rotatable bonds is 2. The molecule has 1 aliphatic heterocycles. The van der Waals surface area contributed by atoms with Crippen LogP contribution in [0.3, 0.4) is 0 Å². The van der Waals surface area contributed by atoms with Crippen molar-refractivity contribution in [1.29, 1.82) is 0 Å². The predicted molar refractivity (Wildman–Crippen MR) is 68.3 cm³/mol. The van der Waals surface area contributed by atoms with E-state index in [9.17, 15) is 10.0 Å². The van der Waals surface area contributed by atoms with Crippen molar-refractivity contribution in [2.24, 2.45) is 0 Å². The molecule has 5 heteroatoms. The van der Waals surface area contributed by atoms with E-state index in [0.29, 0.717) is 10.6 Å². The van der Waals surface area contributed by atoms with Crippen LogP contribution in [-0.2, 0) is 0 Å². The van der Waals surface area contributed by atoms with Crippen LogP contribution in [0.15, 0.2) is 18.2 Å². The van der Waals surface area contributed by atoms with Gasteiger partial charge >= 0.3 is 0 Å². The summed E-state index contributed by atoms with van der Waals surface area (Å²) in [7, 11) is 0. The monoisotopic (exact) mass is 253 g/mol. The van der Waals surface area contributed by atoms with Gasteiger partial charge in [-0.25, -0.2) is 0 Å². The molecule has 1 aromatic rings. The molecule has 0 spiro atoms. The number of anilines is 1. The first kappa shape index (κ1) is 12.2. The van der Waals surface area contributed by atoms with Crippen LogP contribution in [0, 0.1) is 5.21 Å². The quantitative estimate of drug-likeness (QED) is 0.824. The minimum atomic E-state index is -0.631. The van der Waals surface area contributed by atoms with Crippen LogP contribution in [-0.4, -0.2) is 19.0 Å². The second-order valence-electron chi connectivity index (χ2n) is 4.14. The summed E-state index contributed by atoms with van der Waals surface area (Å²) >= 11 is 5.86. The molecule has 0 unspecified atom stereocenters. The molecular formula is C12H14ClN2O2-. The van der Waals surface area contributed by atoms with Crippen molar-refractivity contribution in [1.82, 2.24) is 5.48 Å². The Kier molecular flexibility index (Phi) is 3.86. The third kappa shape index (κ3) is 2.70. The van der Waals surface area contributed by atoms with Crippen molar-refractivity contribution >= 4 is 23.2 Å². The lowest BCUT2D eigenvalue weighted by atomic mass is 10.1. The lowest BCUT2D eigenvalue weighted by Crippen LogP contribution is -2.31. The van der Waals surface area contributed by atoms with Gasteiger partial charge in [-0.2, -0.15) is 0 Å². The average Bonchev–Trinajstić information content (AvgIpc) is 2.38. The number of hydrogen-bond donors (Lipinski definition) is 1. The standard InChI is InChI=1S/C12H14ClN2O2/c13-9-4-5-11(10(8-9)12(16)14-17)15-6-2-1-3-7-15/h4-5,8H,1-3,6-7H2,(H-,14,16,17)/q-1. The fraction of sp³-hybridized carbons (Fsp3) is 0.417. The number of halogens is 1. The first-order valence-corrected chi connectivity index (χ1v) is 6.07. The van der Waals surface area contributed by atoms with Gasteiger partial charge in [0.05, 0.1) is 5.56 Å². The Morgan fingerprint density at radius 1 is 1.29 bits per heavy atom. The largest absolute Gasteiger partial charge is 0.759 e. The van der Waals surface area contributed by atoms with Gasteiger partial charge in [0.25, 0.3) is 0 Å². The summed E-state index contributed by atoms with van der Waals surface area (Å²) in [6.45, 7) is 1.83. The Hall–Kier alpha value is -1.26. The van der Waals surface area contributed by atoms with Gasteiger partial charge in [0.15, 0.2) is 0 Å². The number of carbonyl (C=O) groups excluding carboxylic acids is 1. The van der Waals surface area contributed by atoms with Gasteiger partial charge in [-0.1, -0.05) is 11.6 Å². The van der Waals surface area contributed by atoms with Gasteiger partial charge in [-0.3, -0.25) is 4.79 Å². The molecule has 1 aromatic carbocycles. The maximum atomic E-state index is 11.5. The van der Waals surface area contributed by atoms with E-state index >= 15 is 0 Å². The van der Waals surface area contributed by atoms with Crippen molar-refractivity contribution in [3.63, 3.8) is 0 Å². The summed E-state index contributed by atoms with van der Waals surface area (Å²) in [6.07, 6.45) is 3.44. The zero-order valence-electron chi connectivity index (χ0n) is 9.41. The van der Waals surface area contributed by atoms with Gasteiger partial charge in [0.1, 0.15) is 0 Å². The molecule has 0 atom stereocenters. The number of carbonyl (C=O) groups is 1. The number of hydrogen-bond acceptors (Lipinski definition) is 3. The number of nitrogens with zero attached hydrogens (tertiary/aromatic N) is 1. The first-order valence-electron chi connectivity index (χ1n) is 5.69. The topological polar surface area (TPSA) is 55.4 Å². The fourth-order valence-corrected chi connectivity index (χ4v) is 2.33. The van der Waals surface area contributed by atoms with E-state index in [1.807, 2.05) is 0 Å². The molecule has 17 heavy (non-hydrogen) atoms. The molecule has 4 nitrogen and oxygen atoms in total. The van der Waals surface area contributed by atoms with Crippen LogP contribution < -0.4 is 10.4 Å². The predicted octanol–water partition coefficient (Wildman–Crippen LogP) is 2.56. The van der Waals surface area contributed by atoms with E-state index < -0.39 is 5.91 Å². The molecule has 2 rings (SSSR count). The van der Waals surface area contributed by atoms with Crippen molar-refractivity contribution in [3.8, 4) is 0 Å². The summed E-state index contributed by atoms with van der Waals surface area (Å²) < 4.78 is 0. The number of amides is 1. The normalized spacial score (nSPS) is 15.8. The summed E-state index contributed by atoms with van der Waals surface area (Å²) in [5.41, 5.74) is 2.56. The van der Waals surface area contributed by atoms with Crippen LogP contribution >= 0.6 is 11.6 Å². The van der Waals surface area contributed by atoms with Crippen molar-refractivity contribution in [2.45, 2.75) is 19.3 Å². The molecule has 1 amide bonds. The van der Waals surface area contributed by atoms with E-state index in [2.05, 4.69) is 4.90 Å². The molecular weight excluding hydrogens is 240 g/mol. The summed E-state index contributed by atoms with van der Waals surface area (Å²) in [6, 6.07) is 5.09. The maximum absolute atomic E-state index is 11.5. The highest BCUT2D eigenvalue weighted by molar-refractivity contribution is 6.31. The van der Waals surface area contributed by atoms with Gasteiger partial charge in [-0.15, -0.1) is 0 Å². The van der Waals surface area contributed by atoms with E-state index in [0.717, 1.165) is 31.6 Å². The smallest absolute Gasteiger partial charge is 0.242 e. The molecule has 0 aliphatic carbocycles. The zero-order valence-corrected chi connectivity index (χ0v) is 10.2. The van der Waals surface area contributed by atoms with E-state index in [1.165, 1.54) is 11.9 Å². The van der Waals surface area contributed by atoms with Gasteiger partial charge in [-0.05, 0) is 37.5 Å². The first-order chi connectivity index (χ1) is 8.22. The summed E-state index contributed by atoms with van der Waals surface area (Å²) in [5.74, 6) is -0.631. The molecule has 0 saturated carbocycles. The Labute approximate surface area is 105 Å². The second-order valence-corrected chi connectivity index (χ2v) is 4.58. The van der Waals surface area contributed by atoms with Crippen LogP contribution in [0.1, 0.15) is 29.6 Å². The summed E-state index contributed by atoms with van der Waals surface area (Å²) in [5, 5.41) is 11.0. The SMILES string of the molecule is O=C(N[O-])c1cc(Cl)ccc1N1CCCCC1. The molecule has 1 fully saturated rings. The third-order valence-electron chi connectivity index (χ3n) is 2.99. The number of benzene rings is 1. The van der Waals surface area contributed by atoms with E-state index in [-0.39, 0.29) is 0 Å². The van der Waals surface area contributed by atoms with Gasteiger partial charge in [0.2, 0.25) is 5.91 Å². The Bertz CT molecular complexity index is 417. The molecule has 92 valence electrons. The molecule has 1 N–H and O–H groups in total. The maximum Gasteiger partial charge on any atom is 0.242 e. The molecule has 1 heterocycles. The number of nitrogens with one attached hydrogen (secondary N) is 1. The lowest BCUT2D eigenvalue weighted by Gasteiger charge is -2.30. The number of piperidine rings is 1. The number of hydroxylamine groups is 1. The average molecular weight is 254 g/mol.